The summed E-state index contributed by atoms with van der Waals surface area (Å²) < 4.78 is 47.3. The minimum Gasteiger partial charge on any atom is -0.487 e. The third-order valence-electron chi connectivity index (χ3n) is 9.51. The number of amides is 1. The van der Waals surface area contributed by atoms with Gasteiger partial charge in [-0.3, -0.25) is 4.79 Å². The molecule has 1 N–H and O–H groups in total. The molecule has 2 aromatic rings. The van der Waals surface area contributed by atoms with Crippen LogP contribution >= 0.6 is 11.6 Å². The number of rotatable bonds is 4. The Morgan fingerprint density at radius 1 is 1.09 bits per heavy atom. The van der Waals surface area contributed by atoms with Gasteiger partial charge in [0.2, 0.25) is 10.0 Å². The first kappa shape index (κ1) is 32.8. The van der Waals surface area contributed by atoms with Crippen molar-refractivity contribution in [2.45, 2.75) is 82.4 Å². The number of benzene rings is 2. The molecule has 2 bridgehead atoms. The van der Waals surface area contributed by atoms with Crippen LogP contribution < -0.4 is 14.4 Å². The van der Waals surface area contributed by atoms with Crippen molar-refractivity contribution < 1.29 is 27.4 Å². The fourth-order valence-corrected chi connectivity index (χ4v) is 8.37. The number of carbonyl (C=O) groups excluding carboxylic acids is 1. The van der Waals surface area contributed by atoms with Crippen molar-refractivity contribution in [1.82, 2.24) is 4.72 Å². The molecule has 2 heterocycles. The number of anilines is 1. The molecule has 8 nitrogen and oxygen atoms in total. The fourth-order valence-electron chi connectivity index (χ4n) is 6.66. The molecule has 1 aliphatic carbocycles. The van der Waals surface area contributed by atoms with Gasteiger partial charge in [-0.2, -0.15) is 0 Å². The number of halogens is 1. The Labute approximate surface area is 267 Å². The standard InChI is InChI=1S/C34H45ClN2O6S/c1-23(41-2)18-29-9-4-5-10-32(42-3)30-15-12-26(30)21-37-17-7-6-8-24-19-28(35)14-11-27(24)22-43-33-16-13-25(20-31(33)37)34(38)36-44(29,39)40/h5,10-11,13-14,16,19-20,23,26,29-30,32H,4,6-9,12,15,17-18,21-22H2,1-3H3,(H,36,38)/b10-5+/t23-,26-,29+,30+,32?/m0/s1. The van der Waals surface area contributed by atoms with Crippen LogP contribution in [0.25, 0.3) is 0 Å². The van der Waals surface area contributed by atoms with Gasteiger partial charge >= 0.3 is 0 Å². The summed E-state index contributed by atoms with van der Waals surface area (Å²) in [6.45, 7) is 3.79. The van der Waals surface area contributed by atoms with Gasteiger partial charge in [0.1, 0.15) is 12.4 Å². The van der Waals surface area contributed by atoms with E-state index in [-0.39, 0.29) is 24.2 Å². The van der Waals surface area contributed by atoms with Crippen molar-refractivity contribution in [1.29, 1.82) is 0 Å². The van der Waals surface area contributed by atoms with Crippen LogP contribution in [0.15, 0.2) is 48.6 Å². The van der Waals surface area contributed by atoms with Crippen LogP contribution in [-0.4, -0.2) is 59.1 Å². The van der Waals surface area contributed by atoms with E-state index in [2.05, 4.69) is 15.7 Å². The second-order valence-corrected chi connectivity index (χ2v) is 14.8. The van der Waals surface area contributed by atoms with Crippen molar-refractivity contribution >= 4 is 33.2 Å². The number of nitrogens with one attached hydrogen (secondary N) is 1. The van der Waals surface area contributed by atoms with Crippen LogP contribution in [0, 0.1) is 11.8 Å². The summed E-state index contributed by atoms with van der Waals surface area (Å²) in [5, 5.41) is -0.0722. The van der Waals surface area contributed by atoms with E-state index in [1.165, 1.54) is 5.56 Å². The Bertz CT molecular complexity index is 1450. The molecular weight excluding hydrogens is 600 g/mol. The predicted molar refractivity (Wildman–Crippen MR) is 174 cm³/mol. The summed E-state index contributed by atoms with van der Waals surface area (Å²) in [6.07, 6.45) is 10.0. The largest absolute Gasteiger partial charge is 0.487 e. The number of carbonyl (C=O) groups is 1. The van der Waals surface area contributed by atoms with Crippen molar-refractivity contribution in [2.75, 3.05) is 32.2 Å². The first-order valence-corrected chi connectivity index (χ1v) is 17.7. The molecule has 0 spiro atoms. The molecule has 2 aromatic carbocycles. The summed E-state index contributed by atoms with van der Waals surface area (Å²) in [5.74, 6) is 0.803. The van der Waals surface area contributed by atoms with E-state index in [0.29, 0.717) is 42.1 Å². The minimum atomic E-state index is -3.98. The number of hydrogen-bond acceptors (Lipinski definition) is 7. The number of hydrogen-bond donors (Lipinski definition) is 1. The molecule has 1 fully saturated rings. The number of sulfonamides is 1. The maximum absolute atomic E-state index is 13.6. The van der Waals surface area contributed by atoms with Crippen LogP contribution in [-0.2, 0) is 32.5 Å². The highest BCUT2D eigenvalue weighted by molar-refractivity contribution is 7.90. The summed E-state index contributed by atoms with van der Waals surface area (Å²) >= 11 is 6.33. The predicted octanol–water partition coefficient (Wildman–Crippen LogP) is 6.31. The number of allylic oxidation sites excluding steroid dienone is 1. The van der Waals surface area contributed by atoms with Crippen LogP contribution in [0.5, 0.6) is 5.75 Å². The van der Waals surface area contributed by atoms with Gasteiger partial charge in [0.15, 0.2) is 0 Å². The molecule has 10 heteroatoms. The molecule has 5 rings (SSSR count). The molecule has 2 aliphatic heterocycles. The zero-order valence-electron chi connectivity index (χ0n) is 26.0. The number of nitrogens with zero attached hydrogens (tertiary/aromatic N) is 1. The van der Waals surface area contributed by atoms with Gasteiger partial charge in [-0.25, -0.2) is 13.1 Å². The average Bonchev–Trinajstić information content (AvgIpc) is 3.02. The molecule has 0 aromatic heterocycles. The van der Waals surface area contributed by atoms with Gasteiger partial charge < -0.3 is 19.1 Å². The molecule has 44 heavy (non-hydrogen) atoms. The zero-order valence-corrected chi connectivity index (χ0v) is 27.5. The summed E-state index contributed by atoms with van der Waals surface area (Å²) in [6, 6.07) is 11.2. The topological polar surface area (TPSA) is 94.2 Å². The van der Waals surface area contributed by atoms with Crippen molar-refractivity contribution in [3.63, 3.8) is 0 Å². The number of ether oxygens (including phenoxy) is 3. The fraction of sp³-hybridized carbons (Fsp3) is 0.559. The van der Waals surface area contributed by atoms with E-state index in [0.717, 1.165) is 56.4 Å². The Balaban J connectivity index is 1.53. The Morgan fingerprint density at radius 2 is 1.93 bits per heavy atom. The summed E-state index contributed by atoms with van der Waals surface area (Å²) in [7, 11) is -0.669. The SMILES string of the molecule is COC1/C=C/CC[C@H](C[C@H](C)OC)S(=O)(=O)NC(=O)c2ccc3c(c2)N(CCCCc2cc(Cl)ccc2CO3)C[C@@H]2CC[C@@H]12. The second-order valence-electron chi connectivity index (χ2n) is 12.4. The van der Waals surface area contributed by atoms with E-state index in [1.54, 1.807) is 32.4 Å². The summed E-state index contributed by atoms with van der Waals surface area (Å²) in [4.78, 5) is 15.8. The molecule has 0 saturated heterocycles. The van der Waals surface area contributed by atoms with Crippen LogP contribution in [0.4, 0.5) is 5.69 Å². The highest BCUT2D eigenvalue weighted by Gasteiger charge is 2.38. The van der Waals surface area contributed by atoms with E-state index < -0.39 is 21.2 Å². The molecule has 1 unspecified atom stereocenters. The van der Waals surface area contributed by atoms with Gasteiger partial charge in [-0.1, -0.05) is 29.8 Å². The minimum absolute atomic E-state index is 0.0421. The molecule has 1 amide bonds. The van der Waals surface area contributed by atoms with Crippen LogP contribution in [0.3, 0.4) is 0 Å². The highest BCUT2D eigenvalue weighted by Crippen LogP contribution is 2.41. The zero-order chi connectivity index (χ0) is 31.3. The molecule has 1 saturated carbocycles. The van der Waals surface area contributed by atoms with Crippen molar-refractivity contribution in [2.24, 2.45) is 11.8 Å². The second kappa shape index (κ2) is 14.7. The maximum Gasteiger partial charge on any atom is 0.264 e. The van der Waals surface area contributed by atoms with E-state index >= 15 is 0 Å². The van der Waals surface area contributed by atoms with Crippen LogP contribution in [0.1, 0.15) is 73.4 Å². The molecule has 5 atom stereocenters. The number of fused-ring (bicyclic) bond motifs is 3. The lowest BCUT2D eigenvalue weighted by Gasteiger charge is -2.43. The monoisotopic (exact) mass is 644 g/mol. The van der Waals surface area contributed by atoms with E-state index in [9.17, 15) is 13.2 Å². The highest BCUT2D eigenvalue weighted by atomic mass is 35.5. The van der Waals surface area contributed by atoms with Crippen molar-refractivity contribution in [3.05, 3.63) is 70.3 Å². The van der Waals surface area contributed by atoms with Gasteiger partial charge in [-0.05, 0) is 112 Å². The lowest BCUT2D eigenvalue weighted by molar-refractivity contribution is 0.0134. The molecule has 240 valence electrons. The lowest BCUT2D eigenvalue weighted by Crippen LogP contribution is -2.44. The van der Waals surface area contributed by atoms with Gasteiger partial charge in [0.25, 0.3) is 5.91 Å². The third kappa shape index (κ3) is 7.79. The van der Waals surface area contributed by atoms with Gasteiger partial charge in [-0.15, -0.1) is 0 Å². The maximum atomic E-state index is 13.6. The Kier molecular flexibility index (Phi) is 10.9. The third-order valence-corrected chi connectivity index (χ3v) is 11.5. The van der Waals surface area contributed by atoms with E-state index in [1.807, 2.05) is 31.2 Å². The lowest BCUT2D eigenvalue weighted by atomic mass is 9.70. The number of methoxy groups -OCH3 is 2. The Hall–Kier alpha value is -2.59. The summed E-state index contributed by atoms with van der Waals surface area (Å²) in [5.41, 5.74) is 3.36. The van der Waals surface area contributed by atoms with E-state index in [4.69, 9.17) is 25.8 Å². The quantitative estimate of drug-likeness (QED) is 0.390. The normalized spacial score (nSPS) is 27.3. The molecular formula is C34H45ClN2O6S. The molecule has 0 radical (unpaired) electrons. The molecule has 3 aliphatic rings. The Morgan fingerprint density at radius 3 is 2.68 bits per heavy atom. The van der Waals surface area contributed by atoms with Crippen LogP contribution in [0.2, 0.25) is 5.02 Å². The first-order chi connectivity index (χ1) is 21.2. The number of aryl methyl sites for hydroxylation is 1. The van der Waals surface area contributed by atoms with Crippen molar-refractivity contribution in [3.8, 4) is 5.75 Å². The first-order valence-electron chi connectivity index (χ1n) is 15.8. The smallest absolute Gasteiger partial charge is 0.264 e. The van der Waals surface area contributed by atoms with Gasteiger partial charge in [0, 0.05) is 37.9 Å². The average molecular weight is 645 g/mol. The van der Waals surface area contributed by atoms with Gasteiger partial charge in [0.05, 0.1) is 23.1 Å².